The first-order valence-electron chi connectivity index (χ1n) is 18.2. The zero-order chi connectivity index (χ0) is 39.2. The van der Waals surface area contributed by atoms with Crippen LogP contribution in [0.1, 0.15) is 61.1 Å². The second kappa shape index (κ2) is 18.9. The zero-order valence-electron chi connectivity index (χ0n) is 32.8. The molecule has 0 aliphatic heterocycles. The first kappa shape index (κ1) is 43.9. The smallest absolute Gasteiger partial charge is 0.367 e. The maximum Gasteiger partial charge on any atom is 1.00 e. The van der Waals surface area contributed by atoms with E-state index in [1.54, 1.807) is 12.1 Å². The second-order valence-corrected chi connectivity index (χ2v) is 16.2. The van der Waals surface area contributed by atoms with Crippen molar-refractivity contribution in [3.63, 3.8) is 0 Å². The Morgan fingerprint density at radius 1 is 0.600 bits per heavy atom. The summed E-state index contributed by atoms with van der Waals surface area (Å²) in [7, 11) is -8.61. The van der Waals surface area contributed by atoms with E-state index in [0.29, 0.717) is 26.2 Å². The van der Waals surface area contributed by atoms with Crippen molar-refractivity contribution in [2.45, 2.75) is 64.4 Å². The Bertz CT molecular complexity index is 2220. The molecule has 0 aromatic heterocycles. The van der Waals surface area contributed by atoms with Gasteiger partial charge in [-0.05, 0) is 147 Å². The molecule has 0 unspecified atom stereocenters. The fraction of sp³-hybridized carbons (Fsp3) is 0.279. The van der Waals surface area contributed by atoms with Crippen LogP contribution in [0.25, 0.3) is 5.57 Å². The minimum absolute atomic E-state index is 0. The van der Waals surface area contributed by atoms with Crippen LogP contribution in [0.4, 0.5) is 11.4 Å². The Balaban J connectivity index is 0.00000673. The van der Waals surface area contributed by atoms with Gasteiger partial charge in [0.1, 0.15) is 13.1 Å². The first-order chi connectivity index (χ1) is 25.7. The molecule has 0 saturated heterocycles. The number of allylic oxidation sites excluding steroid dienone is 5. The molecule has 2 N–H and O–H groups in total. The predicted octanol–water partition coefficient (Wildman–Crippen LogP) is 5.28. The van der Waals surface area contributed by atoms with E-state index in [0.717, 1.165) is 74.7 Å². The Morgan fingerprint density at radius 3 is 1.36 bits per heavy atom. The van der Waals surface area contributed by atoms with Gasteiger partial charge in [0.25, 0.3) is 20.2 Å². The monoisotopic (exact) mass is 791 g/mol. The summed E-state index contributed by atoms with van der Waals surface area (Å²) in [5.41, 5.74) is 11.2. The molecule has 284 valence electrons. The molecule has 0 atom stereocenters. The molecule has 0 saturated carbocycles. The van der Waals surface area contributed by atoms with Gasteiger partial charge in [0.05, 0.1) is 9.79 Å². The standard InChI is InChI=1S/C43H49N3O6S2.Na/c1-7-44(8-2)36-19-17-35(18-20-36)43(41-23-21-37(25-31(41)5)45(9-3)29-33-13-11-15-39(27-33)53(47,48)49)42-24-22-38(26-32(42)6)46(10-4)30-34-14-12-16-40(28-34)54(50,51)52;/h11-28H,7-10,29-30H2,1-6H3,(H-,47,48,49,50,51,52);/q;+1/p+1. The normalized spacial score (nSPS) is 12.7. The zero-order valence-corrected chi connectivity index (χ0v) is 36.5. The Labute approximate surface area is 349 Å². The Hall–Kier alpha value is -3.81. The summed E-state index contributed by atoms with van der Waals surface area (Å²) in [6.45, 7) is 16.8. The van der Waals surface area contributed by atoms with Crippen molar-refractivity contribution in [3.05, 3.63) is 148 Å². The van der Waals surface area contributed by atoms with Gasteiger partial charge >= 0.3 is 29.6 Å². The first-order valence-corrected chi connectivity index (χ1v) is 21.1. The van der Waals surface area contributed by atoms with Crippen LogP contribution in [0.5, 0.6) is 0 Å². The largest absolute Gasteiger partial charge is 1.00 e. The molecule has 1 aliphatic rings. The van der Waals surface area contributed by atoms with Crippen LogP contribution < -0.4 is 39.4 Å². The summed E-state index contributed by atoms with van der Waals surface area (Å²) in [4.78, 5) is 4.10. The van der Waals surface area contributed by atoms with E-state index >= 15 is 0 Å². The van der Waals surface area contributed by atoms with Crippen LogP contribution in [0.15, 0.2) is 125 Å². The van der Waals surface area contributed by atoms with Gasteiger partial charge in [0.2, 0.25) is 0 Å². The summed E-state index contributed by atoms with van der Waals surface area (Å²) in [5.74, 6) is 0. The van der Waals surface area contributed by atoms with Gasteiger partial charge in [-0.1, -0.05) is 36.4 Å². The molecule has 0 radical (unpaired) electrons. The van der Waals surface area contributed by atoms with Crippen molar-refractivity contribution in [2.24, 2.45) is 0 Å². The average Bonchev–Trinajstić information content (AvgIpc) is 3.14. The van der Waals surface area contributed by atoms with E-state index in [-0.39, 0.29) is 39.3 Å². The summed E-state index contributed by atoms with van der Waals surface area (Å²) in [5, 5.41) is 0. The summed E-state index contributed by atoms with van der Waals surface area (Å²) < 4.78 is 68.7. The Morgan fingerprint density at radius 2 is 1.02 bits per heavy atom. The molecule has 12 heteroatoms. The van der Waals surface area contributed by atoms with Gasteiger partial charge in [-0.2, -0.15) is 16.8 Å². The van der Waals surface area contributed by atoms with Gasteiger partial charge in [0, 0.05) is 49.7 Å². The van der Waals surface area contributed by atoms with E-state index < -0.39 is 20.2 Å². The van der Waals surface area contributed by atoms with Gasteiger partial charge in [-0.25, -0.2) is 4.58 Å². The topological polar surface area (TPSA) is 118 Å². The van der Waals surface area contributed by atoms with Crippen molar-refractivity contribution in [3.8, 4) is 0 Å². The molecule has 0 spiro atoms. The van der Waals surface area contributed by atoms with Crippen molar-refractivity contribution in [2.75, 3.05) is 36.0 Å². The molecule has 4 aromatic rings. The third kappa shape index (κ3) is 10.7. The number of benzene rings is 4. The van der Waals surface area contributed by atoms with Gasteiger partial charge in [-0.15, -0.1) is 0 Å². The number of rotatable bonds is 14. The fourth-order valence-corrected chi connectivity index (χ4v) is 8.06. The van der Waals surface area contributed by atoms with Crippen LogP contribution in [0.3, 0.4) is 0 Å². The summed E-state index contributed by atoms with van der Waals surface area (Å²) >= 11 is 0. The third-order valence-corrected chi connectivity index (χ3v) is 11.6. The Kier molecular flexibility index (Phi) is 15.1. The van der Waals surface area contributed by atoms with Crippen LogP contribution >= 0.6 is 0 Å². The SMILES string of the molecule is CCN(Cc1cccc(S(=O)(=O)O)c1)c1ccc(C(=C2C=CC(=[N+](CC)CC)C=C2)c2ccc(N(CC)Cc3cccc(S(=O)(=O)O)c3)cc2C)c(C)c1.[Na+]. The molecular formula is C43H50N3NaO6S2+2. The molecule has 0 bridgehead atoms. The molecule has 0 fully saturated rings. The molecule has 4 aromatic carbocycles. The van der Waals surface area contributed by atoms with Crippen LogP contribution in [-0.2, 0) is 33.3 Å². The van der Waals surface area contributed by atoms with Gasteiger partial charge in [-0.3, -0.25) is 9.11 Å². The molecular weight excluding hydrogens is 742 g/mol. The quantitative estimate of drug-likeness (QED) is 0.101. The predicted molar refractivity (Wildman–Crippen MR) is 219 cm³/mol. The van der Waals surface area contributed by atoms with E-state index in [4.69, 9.17) is 0 Å². The maximum atomic E-state index is 11.8. The van der Waals surface area contributed by atoms with Crippen molar-refractivity contribution >= 4 is 42.9 Å². The van der Waals surface area contributed by atoms with E-state index in [9.17, 15) is 25.9 Å². The number of hydrogen-bond donors (Lipinski definition) is 2. The molecule has 0 heterocycles. The van der Waals surface area contributed by atoms with E-state index in [1.165, 1.54) is 24.3 Å². The number of nitrogens with zero attached hydrogens (tertiary/aromatic N) is 3. The minimum Gasteiger partial charge on any atom is -0.367 e. The van der Waals surface area contributed by atoms with Crippen LogP contribution in [0.2, 0.25) is 0 Å². The number of anilines is 2. The minimum atomic E-state index is -4.31. The molecule has 5 rings (SSSR count). The van der Waals surface area contributed by atoms with Crippen LogP contribution in [-0.4, -0.2) is 62.4 Å². The second-order valence-electron chi connectivity index (χ2n) is 13.4. The fourth-order valence-electron chi connectivity index (χ4n) is 6.95. The maximum absolute atomic E-state index is 11.8. The third-order valence-electron chi connectivity index (χ3n) is 9.88. The summed E-state index contributed by atoms with van der Waals surface area (Å²) in [6.07, 6.45) is 8.72. The van der Waals surface area contributed by atoms with Crippen LogP contribution in [0, 0.1) is 13.8 Å². The van der Waals surface area contributed by atoms with Crippen molar-refractivity contribution in [1.29, 1.82) is 0 Å². The van der Waals surface area contributed by atoms with Gasteiger partial charge < -0.3 is 9.80 Å². The number of aryl methyl sites for hydroxylation is 2. The number of hydrogen-bond acceptors (Lipinski definition) is 6. The van der Waals surface area contributed by atoms with E-state index in [1.807, 2.05) is 12.1 Å². The van der Waals surface area contributed by atoms with E-state index in [2.05, 4.69) is 117 Å². The van der Waals surface area contributed by atoms with Crippen molar-refractivity contribution in [1.82, 2.24) is 0 Å². The molecule has 9 nitrogen and oxygen atoms in total. The van der Waals surface area contributed by atoms with Gasteiger partial charge in [0.15, 0.2) is 5.71 Å². The van der Waals surface area contributed by atoms with Crippen molar-refractivity contribution < 1.29 is 60.1 Å². The summed E-state index contributed by atoms with van der Waals surface area (Å²) in [6, 6.07) is 25.6. The molecule has 1 aliphatic carbocycles. The molecule has 55 heavy (non-hydrogen) atoms. The molecule has 0 amide bonds. The average molecular weight is 792 g/mol.